The van der Waals surface area contributed by atoms with E-state index in [-0.39, 0.29) is 5.91 Å². The minimum atomic E-state index is 0.0718. The summed E-state index contributed by atoms with van der Waals surface area (Å²) in [6.45, 7) is 8.08. The molecule has 1 aliphatic rings. The van der Waals surface area contributed by atoms with Gasteiger partial charge in [0.2, 0.25) is 0 Å². The van der Waals surface area contributed by atoms with Crippen LogP contribution in [0.25, 0.3) is 5.65 Å². The molecule has 2 atom stereocenters. The maximum absolute atomic E-state index is 12.8. The molecule has 0 aromatic carbocycles. The SMILES string of the molecule is Cc1cc2ncc(C(=O)N3C(C)CCC3C)c(C)n2n1. The third-order valence-corrected chi connectivity index (χ3v) is 4.26. The van der Waals surface area contributed by atoms with Crippen molar-refractivity contribution < 1.29 is 4.79 Å². The molecule has 1 amide bonds. The number of carbonyl (C=O) groups excluding carboxylic acids is 1. The van der Waals surface area contributed by atoms with E-state index in [0.29, 0.717) is 17.6 Å². The third kappa shape index (κ3) is 1.88. The summed E-state index contributed by atoms with van der Waals surface area (Å²) in [4.78, 5) is 19.1. The van der Waals surface area contributed by atoms with E-state index in [1.807, 2.05) is 24.8 Å². The smallest absolute Gasteiger partial charge is 0.257 e. The molecule has 20 heavy (non-hydrogen) atoms. The highest BCUT2D eigenvalue weighted by molar-refractivity contribution is 5.95. The molecule has 3 heterocycles. The van der Waals surface area contributed by atoms with Gasteiger partial charge in [-0.3, -0.25) is 4.79 Å². The molecule has 0 radical (unpaired) electrons. The molecule has 106 valence electrons. The predicted molar refractivity (Wildman–Crippen MR) is 76.8 cm³/mol. The first-order valence-electron chi connectivity index (χ1n) is 7.13. The van der Waals surface area contributed by atoms with Crippen LogP contribution in [0.3, 0.4) is 0 Å². The molecule has 3 rings (SSSR count). The van der Waals surface area contributed by atoms with Gasteiger partial charge in [0.15, 0.2) is 5.65 Å². The number of aryl methyl sites for hydroxylation is 2. The van der Waals surface area contributed by atoms with Crippen LogP contribution in [0.4, 0.5) is 0 Å². The monoisotopic (exact) mass is 272 g/mol. The third-order valence-electron chi connectivity index (χ3n) is 4.26. The zero-order valence-electron chi connectivity index (χ0n) is 12.4. The fraction of sp³-hybridized carbons (Fsp3) is 0.533. The Morgan fingerprint density at radius 3 is 2.55 bits per heavy atom. The van der Waals surface area contributed by atoms with Crippen molar-refractivity contribution in [3.05, 3.63) is 29.2 Å². The van der Waals surface area contributed by atoms with E-state index in [1.165, 1.54) is 0 Å². The molecule has 5 heteroatoms. The van der Waals surface area contributed by atoms with Crippen LogP contribution in [0.5, 0.6) is 0 Å². The molecule has 0 bridgehead atoms. The van der Waals surface area contributed by atoms with Crippen LogP contribution in [-0.4, -0.2) is 37.5 Å². The number of nitrogens with zero attached hydrogens (tertiary/aromatic N) is 4. The molecule has 2 aromatic heterocycles. The molecule has 0 aliphatic carbocycles. The summed E-state index contributed by atoms with van der Waals surface area (Å²) >= 11 is 0. The lowest BCUT2D eigenvalue weighted by atomic mass is 10.2. The van der Waals surface area contributed by atoms with Gasteiger partial charge in [0.25, 0.3) is 5.91 Å². The van der Waals surface area contributed by atoms with Crippen molar-refractivity contribution >= 4 is 11.6 Å². The number of likely N-dealkylation sites (tertiary alicyclic amines) is 1. The van der Waals surface area contributed by atoms with E-state index in [4.69, 9.17) is 0 Å². The number of aromatic nitrogens is 3. The molecular formula is C15H20N4O. The maximum atomic E-state index is 12.8. The van der Waals surface area contributed by atoms with Crippen molar-refractivity contribution in [2.75, 3.05) is 0 Å². The molecule has 2 unspecified atom stereocenters. The summed E-state index contributed by atoms with van der Waals surface area (Å²) in [5.41, 5.74) is 3.22. The van der Waals surface area contributed by atoms with Crippen LogP contribution in [0.15, 0.2) is 12.3 Å². The molecule has 1 fully saturated rings. The van der Waals surface area contributed by atoms with E-state index in [9.17, 15) is 4.79 Å². The number of hydrogen-bond donors (Lipinski definition) is 0. The second-order valence-corrected chi connectivity index (χ2v) is 5.80. The Hall–Kier alpha value is -1.91. The quantitative estimate of drug-likeness (QED) is 0.800. The Morgan fingerprint density at radius 1 is 1.25 bits per heavy atom. The zero-order chi connectivity index (χ0) is 14.4. The maximum Gasteiger partial charge on any atom is 0.257 e. The normalized spacial score (nSPS) is 22.7. The summed E-state index contributed by atoms with van der Waals surface area (Å²) in [6, 6.07) is 2.52. The highest BCUT2D eigenvalue weighted by Crippen LogP contribution is 2.26. The zero-order valence-corrected chi connectivity index (χ0v) is 12.4. The van der Waals surface area contributed by atoms with E-state index >= 15 is 0 Å². The van der Waals surface area contributed by atoms with Gasteiger partial charge in [-0.2, -0.15) is 5.10 Å². The number of rotatable bonds is 1. The molecular weight excluding hydrogens is 252 g/mol. The van der Waals surface area contributed by atoms with Gasteiger partial charge in [-0.25, -0.2) is 9.50 Å². The Balaban J connectivity index is 2.05. The van der Waals surface area contributed by atoms with Crippen LogP contribution >= 0.6 is 0 Å². The largest absolute Gasteiger partial charge is 0.333 e. The molecule has 1 saturated heterocycles. The van der Waals surface area contributed by atoms with Crippen molar-refractivity contribution in [1.82, 2.24) is 19.5 Å². The minimum Gasteiger partial charge on any atom is -0.333 e. The van der Waals surface area contributed by atoms with Crippen molar-refractivity contribution in [2.45, 2.75) is 52.6 Å². The van der Waals surface area contributed by atoms with Gasteiger partial charge in [0.1, 0.15) is 0 Å². The summed E-state index contributed by atoms with van der Waals surface area (Å²) in [7, 11) is 0. The Bertz CT molecular complexity index is 666. The van der Waals surface area contributed by atoms with Gasteiger partial charge in [0.05, 0.1) is 17.0 Å². The summed E-state index contributed by atoms with van der Waals surface area (Å²) in [5, 5.41) is 4.40. The van der Waals surface area contributed by atoms with Crippen LogP contribution in [0.2, 0.25) is 0 Å². The number of carbonyl (C=O) groups is 1. The second-order valence-electron chi connectivity index (χ2n) is 5.80. The van der Waals surface area contributed by atoms with E-state index in [0.717, 1.165) is 29.9 Å². The second kappa shape index (κ2) is 4.58. The highest BCUT2D eigenvalue weighted by atomic mass is 16.2. The molecule has 5 nitrogen and oxygen atoms in total. The van der Waals surface area contributed by atoms with Crippen molar-refractivity contribution in [2.24, 2.45) is 0 Å². The van der Waals surface area contributed by atoms with Gasteiger partial charge in [-0.15, -0.1) is 0 Å². The van der Waals surface area contributed by atoms with Crippen molar-refractivity contribution in [3.63, 3.8) is 0 Å². The standard InChI is InChI=1S/C15H20N4O/c1-9-7-14-16-8-13(12(4)19(14)17-9)15(20)18-10(2)5-6-11(18)3/h7-8,10-11H,5-6H2,1-4H3. The lowest BCUT2D eigenvalue weighted by molar-refractivity contribution is 0.0691. The van der Waals surface area contributed by atoms with Crippen LogP contribution < -0.4 is 0 Å². The summed E-state index contributed by atoms with van der Waals surface area (Å²) in [6.07, 6.45) is 3.83. The first kappa shape index (κ1) is 13.1. The Labute approximate surface area is 118 Å². The lowest BCUT2D eigenvalue weighted by Crippen LogP contribution is -2.39. The Morgan fingerprint density at radius 2 is 1.90 bits per heavy atom. The van der Waals surface area contributed by atoms with Crippen LogP contribution in [-0.2, 0) is 0 Å². The fourth-order valence-electron chi connectivity index (χ4n) is 3.11. The van der Waals surface area contributed by atoms with E-state index in [1.54, 1.807) is 10.7 Å². The minimum absolute atomic E-state index is 0.0718. The average molecular weight is 272 g/mol. The van der Waals surface area contributed by atoms with Crippen molar-refractivity contribution in [1.29, 1.82) is 0 Å². The fourth-order valence-corrected chi connectivity index (χ4v) is 3.11. The number of amides is 1. The molecule has 2 aromatic rings. The first-order valence-corrected chi connectivity index (χ1v) is 7.13. The lowest BCUT2D eigenvalue weighted by Gasteiger charge is -2.26. The van der Waals surface area contributed by atoms with Gasteiger partial charge in [0, 0.05) is 24.3 Å². The number of hydrogen-bond acceptors (Lipinski definition) is 3. The highest BCUT2D eigenvalue weighted by Gasteiger charge is 2.33. The molecule has 0 spiro atoms. The van der Waals surface area contributed by atoms with Gasteiger partial charge in [-0.05, 0) is 40.5 Å². The van der Waals surface area contributed by atoms with Gasteiger partial charge < -0.3 is 4.90 Å². The van der Waals surface area contributed by atoms with Crippen LogP contribution in [0.1, 0.15) is 48.4 Å². The number of fused-ring (bicyclic) bond motifs is 1. The topological polar surface area (TPSA) is 50.5 Å². The predicted octanol–water partition coefficient (Wildman–Crippen LogP) is 2.36. The summed E-state index contributed by atoms with van der Waals surface area (Å²) in [5.74, 6) is 0.0718. The average Bonchev–Trinajstić information content (AvgIpc) is 2.92. The van der Waals surface area contributed by atoms with Gasteiger partial charge >= 0.3 is 0 Å². The first-order chi connectivity index (χ1) is 9.49. The van der Waals surface area contributed by atoms with Gasteiger partial charge in [-0.1, -0.05) is 0 Å². The van der Waals surface area contributed by atoms with Crippen LogP contribution in [0, 0.1) is 13.8 Å². The van der Waals surface area contributed by atoms with E-state index < -0.39 is 0 Å². The molecule has 1 aliphatic heterocycles. The van der Waals surface area contributed by atoms with Crippen molar-refractivity contribution in [3.8, 4) is 0 Å². The molecule has 0 N–H and O–H groups in total. The Kier molecular flexibility index (Phi) is 3.00. The molecule has 0 saturated carbocycles. The summed E-state index contributed by atoms with van der Waals surface area (Å²) < 4.78 is 1.76. The van der Waals surface area contributed by atoms with E-state index in [2.05, 4.69) is 23.9 Å².